The first kappa shape index (κ1) is 8.47. The number of amides is 1. The molecule has 3 heterocycles. The van der Waals surface area contributed by atoms with Crippen LogP contribution < -0.4 is 5.32 Å². The average Bonchev–Trinajstić information content (AvgIpc) is 2.64. The third-order valence-corrected chi connectivity index (χ3v) is 2.83. The van der Waals surface area contributed by atoms with Gasteiger partial charge in [-0.3, -0.25) is 4.79 Å². The molecule has 1 N–H and O–H groups in total. The molecular weight excluding hydrogens is 190 g/mol. The predicted molar refractivity (Wildman–Crippen MR) is 56.8 cm³/mol. The number of hydrogen-bond acceptors (Lipinski definition) is 2. The van der Waals surface area contributed by atoms with Gasteiger partial charge in [-0.05, 0) is 25.1 Å². The van der Waals surface area contributed by atoms with Crippen molar-refractivity contribution in [3.63, 3.8) is 0 Å². The molecule has 0 aliphatic carbocycles. The number of nitrogens with zero attached hydrogens (tertiary/aromatic N) is 2. The Morgan fingerprint density at radius 2 is 2.47 bits per heavy atom. The fourth-order valence-corrected chi connectivity index (χ4v) is 2.10. The highest BCUT2D eigenvalue weighted by Crippen LogP contribution is 2.24. The van der Waals surface area contributed by atoms with E-state index in [4.69, 9.17) is 0 Å². The van der Waals surface area contributed by atoms with Crippen LogP contribution in [0.5, 0.6) is 0 Å². The van der Waals surface area contributed by atoms with Crippen molar-refractivity contribution in [3.05, 3.63) is 30.1 Å². The van der Waals surface area contributed by atoms with Gasteiger partial charge in [0.05, 0.1) is 6.04 Å². The summed E-state index contributed by atoms with van der Waals surface area (Å²) in [5, 5.41) is 3.89. The molecule has 0 spiro atoms. The maximum atomic E-state index is 11.6. The first-order valence-corrected chi connectivity index (χ1v) is 5.01. The van der Waals surface area contributed by atoms with E-state index in [2.05, 4.69) is 17.2 Å². The van der Waals surface area contributed by atoms with Gasteiger partial charge < -0.3 is 9.88 Å². The molecule has 1 aliphatic heterocycles. The molecule has 0 fully saturated rings. The summed E-state index contributed by atoms with van der Waals surface area (Å²) >= 11 is 0. The molecule has 3 rings (SSSR count). The Bertz CT molecular complexity index is 544. The van der Waals surface area contributed by atoms with Gasteiger partial charge in [-0.25, -0.2) is 4.98 Å². The molecule has 0 bridgehead atoms. The van der Waals surface area contributed by atoms with Gasteiger partial charge in [-0.2, -0.15) is 0 Å². The summed E-state index contributed by atoms with van der Waals surface area (Å²) in [6, 6.07) is 6.03. The molecule has 0 saturated carbocycles. The third kappa shape index (κ3) is 1.08. The summed E-state index contributed by atoms with van der Waals surface area (Å²) in [6.45, 7) is 2.75. The molecule has 2 aromatic rings. The van der Waals surface area contributed by atoms with Crippen LogP contribution in [0.4, 0.5) is 0 Å². The number of rotatable bonds is 0. The summed E-state index contributed by atoms with van der Waals surface area (Å²) in [5.41, 5.74) is 1.61. The van der Waals surface area contributed by atoms with E-state index in [0.29, 0.717) is 12.2 Å². The quantitative estimate of drug-likeness (QED) is 0.699. The number of pyridine rings is 1. The fourth-order valence-electron chi connectivity index (χ4n) is 2.10. The maximum absolute atomic E-state index is 11.6. The van der Waals surface area contributed by atoms with E-state index < -0.39 is 0 Å². The molecular formula is C11H11N3O. The number of carbonyl (C=O) groups excluding carboxylic acids is 1. The summed E-state index contributed by atoms with van der Waals surface area (Å²) in [4.78, 5) is 16.0. The second kappa shape index (κ2) is 2.82. The minimum atomic E-state index is -0.00824. The number of hydrogen-bond donors (Lipinski definition) is 1. The van der Waals surface area contributed by atoms with Crippen molar-refractivity contribution in [2.75, 3.05) is 6.54 Å². The average molecular weight is 201 g/mol. The van der Waals surface area contributed by atoms with Gasteiger partial charge in [0.2, 0.25) is 0 Å². The summed E-state index contributed by atoms with van der Waals surface area (Å²) < 4.78 is 2.01. The van der Waals surface area contributed by atoms with E-state index in [-0.39, 0.29) is 11.9 Å². The normalized spacial score (nSPS) is 20.1. The minimum absolute atomic E-state index is 0.00824. The third-order valence-electron chi connectivity index (χ3n) is 2.83. The Balaban J connectivity index is 2.38. The highest BCUT2D eigenvalue weighted by Gasteiger charge is 2.24. The Morgan fingerprint density at radius 3 is 3.33 bits per heavy atom. The summed E-state index contributed by atoms with van der Waals surface area (Å²) in [6.07, 6.45) is 1.76. The number of fused-ring (bicyclic) bond motifs is 3. The molecule has 2 aromatic heterocycles. The van der Waals surface area contributed by atoms with Crippen molar-refractivity contribution in [2.45, 2.75) is 13.0 Å². The summed E-state index contributed by atoms with van der Waals surface area (Å²) in [5.74, 6) is -0.00824. The van der Waals surface area contributed by atoms with Crippen molar-refractivity contribution < 1.29 is 4.79 Å². The van der Waals surface area contributed by atoms with Crippen molar-refractivity contribution >= 4 is 16.9 Å². The van der Waals surface area contributed by atoms with Crippen LogP contribution in [0.3, 0.4) is 0 Å². The second-order valence-electron chi connectivity index (χ2n) is 3.87. The molecule has 4 heteroatoms. The van der Waals surface area contributed by atoms with Crippen molar-refractivity contribution in [3.8, 4) is 0 Å². The smallest absolute Gasteiger partial charge is 0.268 e. The minimum Gasteiger partial charge on any atom is -0.349 e. The first-order valence-electron chi connectivity index (χ1n) is 5.01. The standard InChI is InChI=1S/C11H11N3O/c1-7-6-13-11(15)9-5-8-3-2-4-12-10(8)14(7)9/h2-5,7H,6H2,1H3,(H,13,15)/t7-/m1/s1. The van der Waals surface area contributed by atoms with Crippen molar-refractivity contribution in [1.29, 1.82) is 0 Å². The van der Waals surface area contributed by atoms with Gasteiger partial charge in [0.25, 0.3) is 5.91 Å². The van der Waals surface area contributed by atoms with Gasteiger partial charge in [-0.1, -0.05) is 0 Å². The van der Waals surface area contributed by atoms with E-state index in [9.17, 15) is 4.79 Å². The lowest BCUT2D eigenvalue weighted by atomic mass is 10.2. The largest absolute Gasteiger partial charge is 0.349 e. The zero-order valence-corrected chi connectivity index (χ0v) is 8.40. The lowest BCUT2D eigenvalue weighted by Crippen LogP contribution is -2.37. The van der Waals surface area contributed by atoms with E-state index in [1.807, 2.05) is 22.8 Å². The van der Waals surface area contributed by atoms with Crippen LogP contribution >= 0.6 is 0 Å². The molecule has 0 unspecified atom stereocenters. The maximum Gasteiger partial charge on any atom is 0.268 e. The predicted octanol–water partition coefficient (Wildman–Crippen LogP) is 1.34. The van der Waals surface area contributed by atoms with Gasteiger partial charge in [-0.15, -0.1) is 0 Å². The van der Waals surface area contributed by atoms with E-state index in [0.717, 1.165) is 11.0 Å². The topological polar surface area (TPSA) is 46.9 Å². The van der Waals surface area contributed by atoms with Crippen LogP contribution in [0.15, 0.2) is 24.4 Å². The molecule has 1 amide bonds. The number of nitrogens with one attached hydrogen (secondary N) is 1. The monoisotopic (exact) mass is 201 g/mol. The zero-order chi connectivity index (χ0) is 10.4. The lowest BCUT2D eigenvalue weighted by Gasteiger charge is -2.23. The van der Waals surface area contributed by atoms with E-state index in [1.54, 1.807) is 6.20 Å². The lowest BCUT2D eigenvalue weighted by molar-refractivity contribution is 0.0919. The molecule has 0 aromatic carbocycles. The fraction of sp³-hybridized carbons (Fsp3) is 0.273. The number of carbonyl (C=O) groups is 1. The van der Waals surface area contributed by atoms with Crippen molar-refractivity contribution in [2.24, 2.45) is 0 Å². The highest BCUT2D eigenvalue weighted by atomic mass is 16.2. The molecule has 0 radical (unpaired) electrons. The Kier molecular flexibility index (Phi) is 1.59. The molecule has 1 aliphatic rings. The van der Waals surface area contributed by atoms with Crippen LogP contribution in [0.25, 0.3) is 11.0 Å². The van der Waals surface area contributed by atoms with Crippen LogP contribution in [-0.2, 0) is 0 Å². The molecule has 4 nitrogen and oxygen atoms in total. The number of aromatic nitrogens is 2. The Hall–Kier alpha value is -1.84. The van der Waals surface area contributed by atoms with Crippen LogP contribution in [0.1, 0.15) is 23.5 Å². The first-order chi connectivity index (χ1) is 7.27. The van der Waals surface area contributed by atoms with Gasteiger partial charge >= 0.3 is 0 Å². The van der Waals surface area contributed by atoms with Gasteiger partial charge in [0, 0.05) is 18.1 Å². The molecule has 0 saturated heterocycles. The van der Waals surface area contributed by atoms with Crippen molar-refractivity contribution in [1.82, 2.24) is 14.9 Å². The van der Waals surface area contributed by atoms with Crippen LogP contribution in [-0.4, -0.2) is 22.0 Å². The summed E-state index contributed by atoms with van der Waals surface area (Å²) in [7, 11) is 0. The molecule has 15 heavy (non-hydrogen) atoms. The van der Waals surface area contributed by atoms with Crippen LogP contribution in [0, 0.1) is 0 Å². The molecule has 76 valence electrons. The van der Waals surface area contributed by atoms with Gasteiger partial charge in [0.15, 0.2) is 0 Å². The van der Waals surface area contributed by atoms with Crippen LogP contribution in [0.2, 0.25) is 0 Å². The highest BCUT2D eigenvalue weighted by molar-refractivity contribution is 5.98. The Morgan fingerprint density at radius 1 is 1.60 bits per heavy atom. The SMILES string of the molecule is C[C@@H]1CNC(=O)c2cc3cccnc3n21. The van der Waals surface area contributed by atoms with E-state index in [1.165, 1.54) is 0 Å². The van der Waals surface area contributed by atoms with E-state index >= 15 is 0 Å². The zero-order valence-electron chi connectivity index (χ0n) is 8.40. The second-order valence-corrected chi connectivity index (χ2v) is 3.87. The van der Waals surface area contributed by atoms with Gasteiger partial charge in [0.1, 0.15) is 11.3 Å². The Labute approximate surface area is 86.9 Å². The molecule has 1 atom stereocenters.